The molecule has 0 bridgehead atoms. The molecule has 0 aliphatic rings. The number of aliphatic carboxylic acids is 1. The van der Waals surface area contributed by atoms with Crippen LogP contribution in [0.1, 0.15) is 0 Å². The van der Waals surface area contributed by atoms with Gasteiger partial charge in [-0.2, -0.15) is 0 Å². The van der Waals surface area contributed by atoms with Gasteiger partial charge in [-0.1, -0.05) is 0 Å². The zero-order valence-electron chi connectivity index (χ0n) is 5.40. The number of rotatable bonds is 2. The minimum atomic E-state index is -1.21. The van der Waals surface area contributed by atoms with Crippen LogP contribution >= 0.6 is 12.2 Å². The van der Waals surface area contributed by atoms with E-state index in [-0.39, 0.29) is 5.11 Å². The molecular weight excluding hydrogens is 168 g/mol. The minimum Gasteiger partial charge on any atom is -0.478 e. The van der Waals surface area contributed by atoms with Crippen molar-refractivity contribution >= 4 is 29.2 Å². The van der Waals surface area contributed by atoms with Crippen LogP contribution in [0.15, 0.2) is 12.2 Å². The van der Waals surface area contributed by atoms with Gasteiger partial charge in [-0.15, -0.1) is 0 Å². The Hall–Kier alpha value is -1.43. The molecule has 0 aliphatic heterocycles. The number of nitrogens with two attached hydrogens (primary N) is 1. The van der Waals surface area contributed by atoms with Crippen molar-refractivity contribution in [2.24, 2.45) is 5.73 Å². The van der Waals surface area contributed by atoms with Crippen molar-refractivity contribution in [1.29, 1.82) is 0 Å². The fourth-order valence-corrected chi connectivity index (χ4v) is 0.411. The molecule has 0 saturated heterocycles. The Kier molecular flexibility index (Phi) is 3.82. The highest BCUT2D eigenvalue weighted by Crippen LogP contribution is 1.73. The average molecular weight is 174 g/mol. The number of thiocarbonyl (C=S) groups is 1. The molecule has 0 saturated carbocycles. The third-order valence-electron chi connectivity index (χ3n) is 0.624. The summed E-state index contributed by atoms with van der Waals surface area (Å²) in [7, 11) is 0. The van der Waals surface area contributed by atoms with Crippen LogP contribution in [0.4, 0.5) is 0 Å². The van der Waals surface area contributed by atoms with E-state index in [4.69, 9.17) is 10.8 Å². The van der Waals surface area contributed by atoms with E-state index >= 15 is 0 Å². The Morgan fingerprint density at radius 1 is 1.45 bits per heavy atom. The quantitative estimate of drug-likeness (QED) is 0.368. The number of hydrogen-bond donors (Lipinski definition) is 3. The van der Waals surface area contributed by atoms with Crippen LogP contribution < -0.4 is 11.1 Å². The van der Waals surface area contributed by atoms with Crippen LogP contribution in [-0.2, 0) is 9.59 Å². The van der Waals surface area contributed by atoms with Crippen LogP contribution in [0.2, 0.25) is 0 Å². The molecule has 6 heteroatoms. The Morgan fingerprint density at radius 2 is 2.00 bits per heavy atom. The Bertz CT molecular complexity index is 224. The molecule has 4 N–H and O–H groups in total. The van der Waals surface area contributed by atoms with Gasteiger partial charge in [0.2, 0.25) is 5.91 Å². The molecule has 0 fully saturated rings. The lowest BCUT2D eigenvalue weighted by molar-refractivity contribution is -0.131. The lowest BCUT2D eigenvalue weighted by Crippen LogP contribution is -2.33. The smallest absolute Gasteiger partial charge is 0.328 e. The highest BCUT2D eigenvalue weighted by Gasteiger charge is 1.95. The SMILES string of the molecule is NC(=S)NC(=O)C=CC(=O)O. The first kappa shape index (κ1) is 9.57. The zero-order valence-corrected chi connectivity index (χ0v) is 6.22. The maximum atomic E-state index is 10.5. The summed E-state index contributed by atoms with van der Waals surface area (Å²) in [4.78, 5) is 20.4. The molecule has 0 radical (unpaired) electrons. The summed E-state index contributed by atoms with van der Waals surface area (Å²) in [6.45, 7) is 0. The molecule has 0 aliphatic carbocycles. The van der Waals surface area contributed by atoms with Crippen LogP contribution in [0.5, 0.6) is 0 Å². The van der Waals surface area contributed by atoms with Gasteiger partial charge >= 0.3 is 5.97 Å². The Morgan fingerprint density at radius 3 is 2.36 bits per heavy atom. The van der Waals surface area contributed by atoms with E-state index in [0.29, 0.717) is 6.08 Å². The molecule has 0 spiro atoms. The molecule has 1 amide bonds. The molecule has 0 aromatic heterocycles. The highest BCUT2D eigenvalue weighted by molar-refractivity contribution is 7.80. The van der Waals surface area contributed by atoms with Crippen LogP contribution in [-0.4, -0.2) is 22.1 Å². The standard InChI is InChI=1S/C5H6N2O3S/c6-5(11)7-3(8)1-2-4(9)10/h1-2H,(H,9,10)(H3,6,7,8,11). The summed E-state index contributed by atoms with van der Waals surface area (Å²) in [5, 5.41) is 9.89. The largest absolute Gasteiger partial charge is 0.478 e. The van der Waals surface area contributed by atoms with Gasteiger partial charge in [0.15, 0.2) is 5.11 Å². The van der Waals surface area contributed by atoms with Crippen molar-refractivity contribution in [2.45, 2.75) is 0 Å². The first-order chi connectivity index (χ1) is 5.02. The maximum absolute atomic E-state index is 10.5. The predicted molar refractivity (Wildman–Crippen MR) is 41.7 cm³/mol. The molecule has 0 aromatic carbocycles. The number of amides is 1. The summed E-state index contributed by atoms with van der Waals surface area (Å²) in [6, 6.07) is 0. The van der Waals surface area contributed by atoms with Crippen LogP contribution in [0.25, 0.3) is 0 Å². The van der Waals surface area contributed by atoms with Gasteiger partial charge in [-0.05, 0) is 12.2 Å². The molecule has 0 unspecified atom stereocenters. The zero-order chi connectivity index (χ0) is 8.85. The predicted octanol–water partition coefficient (Wildman–Crippen LogP) is -1.01. The number of hydrogen-bond acceptors (Lipinski definition) is 3. The van der Waals surface area contributed by atoms with Crippen molar-refractivity contribution in [2.75, 3.05) is 0 Å². The first-order valence-corrected chi connectivity index (χ1v) is 2.94. The molecule has 0 heterocycles. The van der Waals surface area contributed by atoms with E-state index < -0.39 is 11.9 Å². The number of carbonyl (C=O) groups excluding carboxylic acids is 1. The third kappa shape index (κ3) is 6.46. The second kappa shape index (κ2) is 4.40. The van der Waals surface area contributed by atoms with Gasteiger partial charge in [0.1, 0.15) is 0 Å². The molecule has 11 heavy (non-hydrogen) atoms. The number of carboxylic acid groups (broad SMARTS) is 1. The summed E-state index contributed by atoms with van der Waals surface area (Å²) in [5.41, 5.74) is 4.92. The molecular formula is C5H6N2O3S. The van der Waals surface area contributed by atoms with Gasteiger partial charge in [-0.25, -0.2) is 4.79 Å². The Labute approximate surface area is 67.9 Å². The van der Waals surface area contributed by atoms with Crippen LogP contribution in [0, 0.1) is 0 Å². The second-order valence-corrected chi connectivity index (χ2v) is 1.96. The minimum absolute atomic E-state index is 0.190. The first-order valence-electron chi connectivity index (χ1n) is 2.54. The van der Waals surface area contributed by atoms with E-state index in [1.54, 1.807) is 0 Å². The van der Waals surface area contributed by atoms with Crippen molar-refractivity contribution in [3.63, 3.8) is 0 Å². The van der Waals surface area contributed by atoms with Gasteiger partial charge in [0, 0.05) is 12.2 Å². The van der Waals surface area contributed by atoms with E-state index in [2.05, 4.69) is 12.2 Å². The van der Waals surface area contributed by atoms with Crippen molar-refractivity contribution in [3.8, 4) is 0 Å². The topological polar surface area (TPSA) is 92.4 Å². The lowest BCUT2D eigenvalue weighted by Gasteiger charge is -1.94. The summed E-state index contributed by atoms with van der Waals surface area (Å²) in [5.74, 6) is -1.86. The fourth-order valence-electron chi connectivity index (χ4n) is 0.310. The van der Waals surface area contributed by atoms with Crippen LogP contribution in [0.3, 0.4) is 0 Å². The number of carbonyl (C=O) groups is 2. The summed E-state index contributed by atoms with van der Waals surface area (Å²) in [6.07, 6.45) is 1.51. The van der Waals surface area contributed by atoms with Gasteiger partial charge in [-0.3, -0.25) is 10.1 Å². The van der Waals surface area contributed by atoms with E-state index in [1.807, 2.05) is 5.32 Å². The van der Waals surface area contributed by atoms with Crippen molar-refractivity contribution < 1.29 is 14.7 Å². The monoisotopic (exact) mass is 174 g/mol. The summed E-state index contributed by atoms with van der Waals surface area (Å²) < 4.78 is 0. The second-order valence-electron chi connectivity index (χ2n) is 1.53. The normalized spacial score (nSPS) is 9.45. The van der Waals surface area contributed by atoms with Crippen molar-refractivity contribution in [1.82, 2.24) is 5.32 Å². The lowest BCUT2D eigenvalue weighted by atomic mass is 10.5. The maximum Gasteiger partial charge on any atom is 0.328 e. The highest BCUT2D eigenvalue weighted by atomic mass is 32.1. The molecule has 60 valence electrons. The van der Waals surface area contributed by atoms with E-state index in [9.17, 15) is 9.59 Å². The van der Waals surface area contributed by atoms with E-state index in [0.717, 1.165) is 6.08 Å². The van der Waals surface area contributed by atoms with Gasteiger partial charge in [0.25, 0.3) is 0 Å². The molecule has 5 nitrogen and oxygen atoms in total. The molecule has 0 aromatic rings. The Balaban J connectivity index is 3.88. The van der Waals surface area contributed by atoms with E-state index in [1.165, 1.54) is 0 Å². The van der Waals surface area contributed by atoms with Gasteiger partial charge < -0.3 is 10.8 Å². The molecule has 0 atom stereocenters. The molecule has 0 rings (SSSR count). The van der Waals surface area contributed by atoms with Crippen molar-refractivity contribution in [3.05, 3.63) is 12.2 Å². The van der Waals surface area contributed by atoms with Gasteiger partial charge in [0.05, 0.1) is 0 Å². The number of nitrogens with one attached hydrogen (secondary N) is 1. The fraction of sp³-hybridized carbons (Fsp3) is 0. The number of carboxylic acids is 1. The third-order valence-corrected chi connectivity index (χ3v) is 0.726. The summed E-state index contributed by atoms with van der Waals surface area (Å²) >= 11 is 4.32. The average Bonchev–Trinajstić information content (AvgIpc) is 1.82.